The van der Waals surface area contributed by atoms with E-state index >= 15 is 0 Å². The van der Waals surface area contributed by atoms with E-state index in [1.165, 1.54) is 6.92 Å². The molecule has 0 aromatic heterocycles. The smallest absolute Gasteiger partial charge is 0.302 e. The van der Waals surface area contributed by atoms with Gasteiger partial charge in [0.05, 0.1) is 5.92 Å². The van der Waals surface area contributed by atoms with Gasteiger partial charge in [-0.05, 0) is 11.8 Å². The molecule has 0 aromatic carbocycles. The summed E-state index contributed by atoms with van der Waals surface area (Å²) in [6.07, 6.45) is 0.0390. The first-order valence-corrected chi connectivity index (χ1v) is 5.47. The van der Waals surface area contributed by atoms with Gasteiger partial charge in [0.1, 0.15) is 6.10 Å². The van der Waals surface area contributed by atoms with Crippen molar-refractivity contribution in [2.45, 2.75) is 40.2 Å². The Hall–Kier alpha value is -1.19. The van der Waals surface area contributed by atoms with Crippen molar-refractivity contribution in [3.63, 3.8) is 0 Å². The molecule has 0 aliphatic heterocycles. The molecule has 16 heavy (non-hydrogen) atoms. The fourth-order valence-electron chi connectivity index (χ4n) is 3.21. The highest BCUT2D eigenvalue weighted by molar-refractivity contribution is 6.43. The van der Waals surface area contributed by atoms with Gasteiger partial charge in [0.2, 0.25) is 11.6 Å². The molecule has 88 valence electrons. The van der Waals surface area contributed by atoms with E-state index in [-0.39, 0.29) is 11.6 Å². The number of ketones is 2. The van der Waals surface area contributed by atoms with Gasteiger partial charge in [0, 0.05) is 12.3 Å². The highest BCUT2D eigenvalue weighted by Crippen LogP contribution is 2.62. The SMILES string of the molecule is CC(=O)O[C@H]1C[C@]2(C)C(=O)C(=O)[C@@H]1C2(C)C. The maximum atomic E-state index is 11.8. The average molecular weight is 224 g/mol. The largest absolute Gasteiger partial charge is 0.462 e. The Labute approximate surface area is 94.3 Å². The number of ether oxygens (including phenoxy) is 1. The van der Waals surface area contributed by atoms with Crippen molar-refractivity contribution < 1.29 is 19.1 Å². The molecule has 0 radical (unpaired) electrons. The summed E-state index contributed by atoms with van der Waals surface area (Å²) in [5, 5.41) is 0. The minimum Gasteiger partial charge on any atom is -0.462 e. The van der Waals surface area contributed by atoms with E-state index in [2.05, 4.69) is 0 Å². The zero-order chi connectivity index (χ0) is 12.3. The summed E-state index contributed by atoms with van der Waals surface area (Å²) in [4.78, 5) is 34.6. The van der Waals surface area contributed by atoms with Gasteiger partial charge in [0.15, 0.2) is 0 Å². The third-order valence-electron chi connectivity index (χ3n) is 4.51. The van der Waals surface area contributed by atoms with Crippen molar-refractivity contribution in [2.24, 2.45) is 16.7 Å². The Morgan fingerprint density at radius 1 is 1.31 bits per heavy atom. The lowest BCUT2D eigenvalue weighted by Gasteiger charge is -2.30. The quantitative estimate of drug-likeness (QED) is 0.494. The summed E-state index contributed by atoms with van der Waals surface area (Å²) >= 11 is 0. The lowest BCUT2D eigenvalue weighted by molar-refractivity contribution is -0.155. The molecule has 0 spiro atoms. The predicted octanol–water partition coefficient (Wildman–Crippen LogP) is 1.12. The third kappa shape index (κ3) is 1.07. The summed E-state index contributed by atoms with van der Waals surface area (Å²) in [5.41, 5.74) is -1.09. The summed E-state index contributed by atoms with van der Waals surface area (Å²) in [6, 6.07) is 0. The molecule has 0 unspecified atom stereocenters. The van der Waals surface area contributed by atoms with Crippen molar-refractivity contribution in [1.29, 1.82) is 0 Å². The van der Waals surface area contributed by atoms with Crippen molar-refractivity contribution in [1.82, 2.24) is 0 Å². The van der Waals surface area contributed by atoms with Crippen molar-refractivity contribution >= 4 is 17.5 Å². The Balaban J connectivity index is 2.40. The van der Waals surface area contributed by atoms with Crippen LogP contribution >= 0.6 is 0 Å². The molecule has 0 aromatic rings. The molecule has 2 bridgehead atoms. The fraction of sp³-hybridized carbons (Fsp3) is 0.750. The minimum atomic E-state index is -0.672. The molecular formula is C12H16O4. The van der Waals surface area contributed by atoms with Crippen molar-refractivity contribution in [3.05, 3.63) is 0 Å². The van der Waals surface area contributed by atoms with E-state index in [1.54, 1.807) is 6.92 Å². The minimum absolute atomic E-state index is 0.300. The van der Waals surface area contributed by atoms with Crippen LogP contribution in [-0.2, 0) is 19.1 Å². The van der Waals surface area contributed by atoms with Crippen molar-refractivity contribution in [3.8, 4) is 0 Å². The van der Waals surface area contributed by atoms with Crippen LogP contribution in [0.2, 0.25) is 0 Å². The topological polar surface area (TPSA) is 60.4 Å². The maximum Gasteiger partial charge on any atom is 0.302 e. The third-order valence-corrected chi connectivity index (χ3v) is 4.51. The molecule has 2 saturated carbocycles. The standard InChI is InChI=1S/C12H16O4/c1-6(13)16-7-5-12(4)10(15)9(14)8(7)11(12,2)3/h7-8H,5H2,1-4H3/t7-,8+,12+/m0/s1. The number of hydrogen-bond donors (Lipinski definition) is 0. The van der Waals surface area contributed by atoms with Crippen LogP contribution in [0.3, 0.4) is 0 Å². The van der Waals surface area contributed by atoms with Gasteiger partial charge in [-0.3, -0.25) is 14.4 Å². The Kier molecular flexibility index (Phi) is 2.07. The van der Waals surface area contributed by atoms with E-state index < -0.39 is 28.8 Å². The molecule has 0 N–H and O–H groups in total. The fourth-order valence-corrected chi connectivity index (χ4v) is 3.21. The Morgan fingerprint density at radius 2 is 1.88 bits per heavy atom. The summed E-state index contributed by atoms with van der Waals surface area (Å²) in [6.45, 7) is 6.94. The molecule has 3 atom stereocenters. The van der Waals surface area contributed by atoms with E-state index in [0.29, 0.717) is 6.42 Å². The van der Waals surface area contributed by atoms with Crippen LogP contribution in [0.5, 0.6) is 0 Å². The Bertz CT molecular complexity index is 396. The van der Waals surface area contributed by atoms with Crippen LogP contribution in [0.4, 0.5) is 0 Å². The molecule has 4 heteroatoms. The molecular weight excluding hydrogens is 208 g/mol. The van der Waals surface area contributed by atoms with Gasteiger partial charge >= 0.3 is 5.97 Å². The van der Waals surface area contributed by atoms with E-state index in [4.69, 9.17) is 4.74 Å². The number of fused-ring (bicyclic) bond motifs is 2. The molecule has 2 rings (SSSR count). The van der Waals surface area contributed by atoms with Crippen LogP contribution in [0.1, 0.15) is 34.1 Å². The van der Waals surface area contributed by atoms with E-state index in [9.17, 15) is 14.4 Å². The summed E-state index contributed by atoms with van der Waals surface area (Å²) in [5.74, 6) is -1.53. The molecule has 2 aliphatic rings. The first-order valence-electron chi connectivity index (χ1n) is 5.47. The van der Waals surface area contributed by atoms with Crippen LogP contribution in [0.15, 0.2) is 0 Å². The van der Waals surface area contributed by atoms with Gasteiger partial charge in [-0.2, -0.15) is 0 Å². The molecule has 4 nitrogen and oxygen atoms in total. The predicted molar refractivity (Wildman–Crippen MR) is 55.6 cm³/mol. The maximum absolute atomic E-state index is 11.8. The number of esters is 1. The number of carbonyl (C=O) groups excluding carboxylic acids is 3. The Morgan fingerprint density at radius 3 is 2.25 bits per heavy atom. The molecule has 2 aliphatic carbocycles. The normalized spacial score (nSPS) is 40.2. The second-order valence-electron chi connectivity index (χ2n) is 5.58. The monoisotopic (exact) mass is 224 g/mol. The lowest BCUT2D eigenvalue weighted by atomic mass is 9.70. The number of rotatable bonds is 1. The zero-order valence-electron chi connectivity index (χ0n) is 9.99. The second kappa shape index (κ2) is 2.93. The van der Waals surface area contributed by atoms with E-state index in [1.807, 2.05) is 13.8 Å². The first kappa shape index (κ1) is 11.3. The number of hydrogen-bond acceptors (Lipinski definition) is 4. The molecule has 0 saturated heterocycles. The zero-order valence-corrected chi connectivity index (χ0v) is 9.99. The number of Topliss-reactive ketones (excluding diaryl/α,β-unsaturated/α-hetero) is 2. The van der Waals surface area contributed by atoms with Gasteiger partial charge in [0.25, 0.3) is 0 Å². The van der Waals surface area contributed by atoms with Crippen molar-refractivity contribution in [2.75, 3.05) is 0 Å². The van der Waals surface area contributed by atoms with Gasteiger partial charge in [-0.25, -0.2) is 0 Å². The van der Waals surface area contributed by atoms with Crippen LogP contribution in [0, 0.1) is 16.7 Å². The molecule has 0 heterocycles. The number of carbonyl (C=O) groups is 3. The lowest BCUT2D eigenvalue weighted by Crippen LogP contribution is -2.38. The molecule has 2 fully saturated rings. The average Bonchev–Trinajstić information content (AvgIpc) is 2.37. The van der Waals surface area contributed by atoms with Gasteiger partial charge < -0.3 is 4.74 Å². The van der Waals surface area contributed by atoms with Crippen LogP contribution in [0.25, 0.3) is 0 Å². The second-order valence-corrected chi connectivity index (χ2v) is 5.58. The van der Waals surface area contributed by atoms with Crippen LogP contribution in [-0.4, -0.2) is 23.6 Å². The first-order chi connectivity index (χ1) is 7.22. The summed E-state index contributed by atoms with van der Waals surface area (Å²) < 4.78 is 5.15. The van der Waals surface area contributed by atoms with Gasteiger partial charge in [-0.15, -0.1) is 0 Å². The van der Waals surface area contributed by atoms with Crippen LogP contribution < -0.4 is 0 Å². The highest BCUT2D eigenvalue weighted by Gasteiger charge is 2.71. The van der Waals surface area contributed by atoms with Gasteiger partial charge in [-0.1, -0.05) is 20.8 Å². The molecule has 0 amide bonds. The highest BCUT2D eigenvalue weighted by atomic mass is 16.5. The van der Waals surface area contributed by atoms with E-state index in [0.717, 1.165) is 0 Å². The summed E-state index contributed by atoms with van der Waals surface area (Å²) in [7, 11) is 0.